The molecule has 0 aliphatic heterocycles. The number of amides is 1. The highest BCUT2D eigenvalue weighted by molar-refractivity contribution is 5.94. The van der Waals surface area contributed by atoms with Gasteiger partial charge in [0.05, 0.1) is 17.6 Å². The van der Waals surface area contributed by atoms with Crippen molar-refractivity contribution in [3.8, 4) is 11.3 Å². The molecule has 0 bridgehead atoms. The van der Waals surface area contributed by atoms with E-state index in [9.17, 15) is 13.6 Å². The van der Waals surface area contributed by atoms with Crippen LogP contribution in [0.4, 0.5) is 26.2 Å². The molecule has 1 aliphatic carbocycles. The molecule has 27 heavy (non-hydrogen) atoms. The summed E-state index contributed by atoms with van der Waals surface area (Å²) in [6, 6.07) is 4.98. The van der Waals surface area contributed by atoms with Crippen LogP contribution >= 0.6 is 0 Å². The monoisotopic (exact) mass is 371 g/mol. The van der Waals surface area contributed by atoms with Gasteiger partial charge in [0.1, 0.15) is 11.7 Å². The molecule has 1 aliphatic rings. The molecule has 8 nitrogen and oxygen atoms in total. The van der Waals surface area contributed by atoms with E-state index in [2.05, 4.69) is 30.7 Å². The molecule has 3 aromatic heterocycles. The number of pyridine rings is 1. The van der Waals surface area contributed by atoms with E-state index in [4.69, 9.17) is 0 Å². The van der Waals surface area contributed by atoms with Crippen molar-refractivity contribution in [2.75, 3.05) is 10.6 Å². The van der Waals surface area contributed by atoms with Gasteiger partial charge < -0.3 is 10.6 Å². The molecule has 3 heterocycles. The number of carbonyl (C=O) groups excluding carboxylic acids is 1. The Morgan fingerprint density at radius 1 is 1.30 bits per heavy atom. The first-order chi connectivity index (χ1) is 12.9. The number of aryl methyl sites for hydroxylation is 1. The summed E-state index contributed by atoms with van der Waals surface area (Å²) in [5.41, 5.74) is 1.99. The predicted octanol–water partition coefficient (Wildman–Crippen LogP) is 2.61. The van der Waals surface area contributed by atoms with Gasteiger partial charge in [-0.1, -0.05) is 0 Å². The van der Waals surface area contributed by atoms with Gasteiger partial charge in [-0.15, -0.1) is 0 Å². The normalized spacial score (nSPS) is 17.4. The topological polar surface area (TPSA) is 97.6 Å². The summed E-state index contributed by atoms with van der Waals surface area (Å²) in [6.07, 6.45) is 6.07. The van der Waals surface area contributed by atoms with Crippen LogP contribution in [0, 0.1) is 5.92 Å². The van der Waals surface area contributed by atoms with Crippen LogP contribution in [0.1, 0.15) is 6.42 Å². The maximum atomic E-state index is 13.0. The van der Waals surface area contributed by atoms with Crippen molar-refractivity contribution in [3.63, 3.8) is 0 Å². The highest BCUT2D eigenvalue weighted by atomic mass is 19.3. The Hall–Kier alpha value is -3.43. The third-order valence-electron chi connectivity index (χ3n) is 4.07. The van der Waals surface area contributed by atoms with Crippen LogP contribution in [0.3, 0.4) is 0 Å². The largest absolute Gasteiger partial charge is 0.321 e. The second-order valence-electron chi connectivity index (χ2n) is 6.23. The average Bonchev–Trinajstić information content (AvgIpc) is 3.09. The van der Waals surface area contributed by atoms with Gasteiger partial charge in [0.25, 0.3) is 5.92 Å². The number of carbonyl (C=O) groups is 1. The number of nitrogens with zero attached hydrogens (tertiary/aromatic N) is 5. The van der Waals surface area contributed by atoms with Crippen molar-refractivity contribution in [3.05, 3.63) is 43.0 Å². The van der Waals surface area contributed by atoms with E-state index in [1.807, 2.05) is 0 Å². The minimum Gasteiger partial charge on any atom is -0.321 e. The van der Waals surface area contributed by atoms with Crippen LogP contribution in [0.5, 0.6) is 0 Å². The maximum absolute atomic E-state index is 13.0. The first-order valence-corrected chi connectivity index (χ1v) is 8.14. The molecule has 3 aromatic rings. The molecule has 1 amide bonds. The third kappa shape index (κ3) is 3.73. The predicted molar refractivity (Wildman–Crippen MR) is 93.4 cm³/mol. The van der Waals surface area contributed by atoms with Gasteiger partial charge in [-0.05, 0) is 18.2 Å². The standard InChI is InChI=1S/C17H15F2N7O/c1-26-9-11(8-22-26)23-16-21-5-3-13(24-16)10-2-4-20-14(6-10)25-15(27)12-7-17(12,18)19/h2-6,8-9,12H,7H2,1H3,(H,20,25,27)(H,21,23,24). The highest BCUT2D eigenvalue weighted by Crippen LogP contribution is 2.49. The summed E-state index contributed by atoms with van der Waals surface area (Å²) < 4.78 is 27.7. The van der Waals surface area contributed by atoms with Crippen LogP contribution in [0.25, 0.3) is 11.3 Å². The smallest absolute Gasteiger partial charge is 0.260 e. The third-order valence-corrected chi connectivity index (χ3v) is 4.07. The van der Waals surface area contributed by atoms with Crippen LogP contribution in [0.15, 0.2) is 43.0 Å². The van der Waals surface area contributed by atoms with Crippen LogP contribution in [0.2, 0.25) is 0 Å². The fourth-order valence-corrected chi connectivity index (χ4v) is 2.56. The van der Waals surface area contributed by atoms with E-state index in [0.717, 1.165) is 5.69 Å². The van der Waals surface area contributed by atoms with E-state index < -0.39 is 24.2 Å². The molecular weight excluding hydrogens is 356 g/mol. The van der Waals surface area contributed by atoms with Gasteiger partial charge in [-0.25, -0.2) is 23.7 Å². The molecule has 0 aromatic carbocycles. The number of anilines is 3. The number of rotatable bonds is 5. The SMILES string of the molecule is Cn1cc(Nc2nccc(-c3ccnc(NC(=O)C4CC4(F)F)c3)n2)cn1. The Kier molecular flexibility index (Phi) is 4.02. The summed E-state index contributed by atoms with van der Waals surface area (Å²) in [7, 11) is 1.80. The van der Waals surface area contributed by atoms with E-state index >= 15 is 0 Å². The van der Waals surface area contributed by atoms with Crippen molar-refractivity contribution in [1.29, 1.82) is 0 Å². The van der Waals surface area contributed by atoms with Crippen molar-refractivity contribution in [2.24, 2.45) is 13.0 Å². The van der Waals surface area contributed by atoms with Gasteiger partial charge in [0.2, 0.25) is 11.9 Å². The molecule has 2 N–H and O–H groups in total. The van der Waals surface area contributed by atoms with Crippen molar-refractivity contribution in [1.82, 2.24) is 24.7 Å². The lowest BCUT2D eigenvalue weighted by Gasteiger charge is -2.07. The molecular formula is C17H15F2N7O. The van der Waals surface area contributed by atoms with Gasteiger partial charge in [0, 0.05) is 37.6 Å². The van der Waals surface area contributed by atoms with Crippen molar-refractivity contribution >= 4 is 23.4 Å². The lowest BCUT2D eigenvalue weighted by molar-refractivity contribution is -0.119. The summed E-state index contributed by atoms with van der Waals surface area (Å²) in [5.74, 6) is -4.36. The number of nitrogens with one attached hydrogen (secondary N) is 2. The Labute approximate surface area is 152 Å². The minimum absolute atomic E-state index is 0.195. The molecule has 4 rings (SSSR count). The maximum Gasteiger partial charge on any atom is 0.260 e. The van der Waals surface area contributed by atoms with Crippen LogP contribution in [-0.2, 0) is 11.8 Å². The van der Waals surface area contributed by atoms with Gasteiger partial charge >= 0.3 is 0 Å². The molecule has 138 valence electrons. The number of aromatic nitrogens is 5. The summed E-state index contributed by atoms with van der Waals surface area (Å²) >= 11 is 0. The zero-order valence-corrected chi connectivity index (χ0v) is 14.2. The zero-order valence-electron chi connectivity index (χ0n) is 14.2. The van der Waals surface area contributed by atoms with E-state index in [1.54, 1.807) is 48.5 Å². The Morgan fingerprint density at radius 2 is 2.07 bits per heavy atom. The molecule has 1 atom stereocenters. The van der Waals surface area contributed by atoms with Crippen molar-refractivity contribution in [2.45, 2.75) is 12.3 Å². The van der Waals surface area contributed by atoms with Gasteiger partial charge in [0.15, 0.2) is 0 Å². The van der Waals surface area contributed by atoms with Crippen LogP contribution in [-0.4, -0.2) is 36.6 Å². The van der Waals surface area contributed by atoms with Gasteiger partial charge in [-0.3, -0.25) is 9.48 Å². The molecule has 1 fully saturated rings. The molecule has 0 spiro atoms. The quantitative estimate of drug-likeness (QED) is 0.716. The minimum atomic E-state index is -2.92. The lowest BCUT2D eigenvalue weighted by atomic mass is 10.2. The van der Waals surface area contributed by atoms with Crippen LogP contribution < -0.4 is 10.6 Å². The highest BCUT2D eigenvalue weighted by Gasteiger charge is 2.61. The molecule has 1 saturated carbocycles. The number of hydrogen-bond acceptors (Lipinski definition) is 6. The summed E-state index contributed by atoms with van der Waals surface area (Å²) in [5, 5.41) is 9.53. The zero-order chi connectivity index (χ0) is 19.0. The summed E-state index contributed by atoms with van der Waals surface area (Å²) in [4.78, 5) is 24.4. The van der Waals surface area contributed by atoms with E-state index in [-0.39, 0.29) is 5.82 Å². The van der Waals surface area contributed by atoms with E-state index in [1.165, 1.54) is 6.20 Å². The number of halogens is 2. The average molecular weight is 371 g/mol. The fraction of sp³-hybridized carbons (Fsp3) is 0.235. The first kappa shape index (κ1) is 17.0. The Balaban J connectivity index is 1.51. The molecule has 10 heteroatoms. The molecule has 1 unspecified atom stereocenters. The molecule has 0 radical (unpaired) electrons. The number of hydrogen-bond donors (Lipinski definition) is 2. The Morgan fingerprint density at radius 3 is 2.78 bits per heavy atom. The first-order valence-electron chi connectivity index (χ1n) is 8.14. The summed E-state index contributed by atoms with van der Waals surface area (Å²) in [6.45, 7) is 0. The lowest BCUT2D eigenvalue weighted by Crippen LogP contribution is -2.18. The van der Waals surface area contributed by atoms with Crippen molar-refractivity contribution < 1.29 is 13.6 Å². The van der Waals surface area contributed by atoms with Gasteiger partial charge in [-0.2, -0.15) is 5.10 Å². The number of alkyl halides is 2. The fourth-order valence-electron chi connectivity index (χ4n) is 2.56. The molecule has 0 saturated heterocycles. The Bertz CT molecular complexity index is 1000. The van der Waals surface area contributed by atoms with E-state index in [0.29, 0.717) is 17.2 Å². The second-order valence-corrected chi connectivity index (χ2v) is 6.23. The second kappa shape index (κ2) is 6.38.